The lowest BCUT2D eigenvalue weighted by Crippen LogP contribution is -2.37. The van der Waals surface area contributed by atoms with Crippen LogP contribution in [0, 0.1) is 37.9 Å². The van der Waals surface area contributed by atoms with Crippen LogP contribution in [0.3, 0.4) is 0 Å². The van der Waals surface area contributed by atoms with Crippen LogP contribution in [0.1, 0.15) is 103 Å². The highest BCUT2D eigenvalue weighted by molar-refractivity contribution is 6.30. The number of carboxylic acid groups (broad SMARTS) is 1. The smallest absolute Gasteiger partial charge is 0.431 e. The first kappa shape index (κ1) is 43.5. The van der Waals surface area contributed by atoms with Gasteiger partial charge in [-0.05, 0) is 142 Å². The summed E-state index contributed by atoms with van der Waals surface area (Å²) in [5, 5.41) is 14.7. The van der Waals surface area contributed by atoms with Crippen LogP contribution >= 0.6 is 11.6 Å². The second kappa shape index (κ2) is 18.6. The van der Waals surface area contributed by atoms with Gasteiger partial charge in [0.25, 0.3) is 11.5 Å². The number of halogens is 5. The molecule has 1 atom stereocenters. The highest BCUT2D eigenvalue weighted by Gasteiger charge is 2.42. The van der Waals surface area contributed by atoms with Gasteiger partial charge >= 0.3 is 12.1 Å². The number of rotatable bonds is 14. The van der Waals surface area contributed by atoms with Crippen molar-refractivity contribution in [2.45, 2.75) is 98.3 Å². The molecule has 55 heavy (non-hydrogen) atoms. The van der Waals surface area contributed by atoms with Crippen molar-refractivity contribution in [3.05, 3.63) is 91.1 Å². The number of carbonyl (C=O) groups excluding carboxylic acids is 2. The lowest BCUT2D eigenvalue weighted by atomic mass is 9.68. The molecule has 14 heteroatoms. The van der Waals surface area contributed by atoms with Crippen LogP contribution in [-0.2, 0) is 22.3 Å². The van der Waals surface area contributed by atoms with Gasteiger partial charge in [-0.15, -0.1) is 0 Å². The largest absolute Gasteiger partial charge is 0.481 e. The average molecular weight is 791 g/mol. The fourth-order valence-electron chi connectivity index (χ4n) is 7.62. The number of aromatic nitrogens is 1. The number of hydrogen-bond acceptors (Lipinski definition) is 5. The topological polar surface area (TPSA) is 121 Å². The van der Waals surface area contributed by atoms with Crippen LogP contribution in [-0.4, -0.2) is 59.0 Å². The standard InChI is InChI=1S/C22H32F3N3O2.C19H19ClFNO3/c1-16(2)7-11-26-19(29)17-5-6-18(22(23,24)25)28(20(17)30)13-4-12-27-14-10-21(15-27)8-3-9-21;1-10-5-14(20)6-11(2)18(10)13-4-12(3)19(21)15(7-13)16(22-9-23)8-17(24)25/h5-6,16H,3-4,7-15H2,1-2H3,(H,26,29);4-7,9,16H,8H2,1-3H3,(H,22,23)(H,24,25). The van der Waals surface area contributed by atoms with E-state index in [1.807, 2.05) is 39.8 Å². The zero-order chi connectivity index (χ0) is 40.7. The average Bonchev–Trinajstić information content (AvgIpc) is 3.51. The van der Waals surface area contributed by atoms with E-state index >= 15 is 0 Å². The molecule has 9 nitrogen and oxygen atoms in total. The van der Waals surface area contributed by atoms with Gasteiger partial charge in [-0.2, -0.15) is 13.2 Å². The van der Waals surface area contributed by atoms with E-state index in [4.69, 9.17) is 16.7 Å². The molecule has 1 unspecified atom stereocenters. The lowest BCUT2D eigenvalue weighted by Gasteiger charge is -2.38. The van der Waals surface area contributed by atoms with Crippen LogP contribution in [0.15, 0.2) is 41.2 Å². The third-order valence-electron chi connectivity index (χ3n) is 10.6. The minimum absolute atomic E-state index is 0.0513. The summed E-state index contributed by atoms with van der Waals surface area (Å²) in [4.78, 5) is 49.3. The number of benzene rings is 2. The summed E-state index contributed by atoms with van der Waals surface area (Å²) in [5.74, 6) is -1.89. The van der Waals surface area contributed by atoms with E-state index in [9.17, 15) is 36.7 Å². The number of hydrogen-bond donors (Lipinski definition) is 3. The summed E-state index contributed by atoms with van der Waals surface area (Å²) in [6.45, 7) is 12.4. The fourth-order valence-corrected chi connectivity index (χ4v) is 7.95. The second-order valence-electron chi connectivity index (χ2n) is 15.3. The van der Waals surface area contributed by atoms with Gasteiger partial charge in [0.15, 0.2) is 0 Å². The van der Waals surface area contributed by atoms with E-state index in [0.29, 0.717) is 47.8 Å². The molecule has 2 fully saturated rings. The number of nitrogens with one attached hydrogen (secondary N) is 2. The molecule has 3 N–H and O–H groups in total. The highest BCUT2D eigenvalue weighted by atomic mass is 35.5. The predicted molar refractivity (Wildman–Crippen MR) is 205 cm³/mol. The summed E-state index contributed by atoms with van der Waals surface area (Å²) >= 11 is 6.07. The number of pyridine rings is 1. The van der Waals surface area contributed by atoms with Crippen LogP contribution in [0.25, 0.3) is 11.1 Å². The second-order valence-corrected chi connectivity index (χ2v) is 15.7. The maximum atomic E-state index is 14.6. The monoisotopic (exact) mass is 790 g/mol. The molecule has 0 bridgehead atoms. The van der Waals surface area contributed by atoms with E-state index in [2.05, 4.69) is 15.5 Å². The summed E-state index contributed by atoms with van der Waals surface area (Å²) in [6, 6.07) is 7.84. The molecule has 5 rings (SSSR count). The minimum Gasteiger partial charge on any atom is -0.481 e. The Bertz CT molecular complexity index is 1900. The van der Waals surface area contributed by atoms with Crippen molar-refractivity contribution < 1.29 is 37.1 Å². The van der Waals surface area contributed by atoms with Gasteiger partial charge in [0.2, 0.25) is 6.41 Å². The summed E-state index contributed by atoms with van der Waals surface area (Å²) in [7, 11) is 0. The molecule has 2 aliphatic rings. The van der Waals surface area contributed by atoms with Crippen molar-refractivity contribution in [2.75, 3.05) is 26.2 Å². The van der Waals surface area contributed by atoms with Crippen LogP contribution in [0.4, 0.5) is 17.6 Å². The molecule has 2 amide bonds. The number of carboxylic acids is 1. The zero-order valence-corrected chi connectivity index (χ0v) is 32.8. The van der Waals surface area contributed by atoms with Gasteiger partial charge in [0.1, 0.15) is 17.1 Å². The number of alkyl halides is 3. The van der Waals surface area contributed by atoms with Gasteiger partial charge in [-0.25, -0.2) is 4.39 Å². The van der Waals surface area contributed by atoms with E-state index < -0.39 is 47.6 Å². The maximum absolute atomic E-state index is 14.6. The van der Waals surface area contributed by atoms with Crippen molar-refractivity contribution in [1.29, 1.82) is 0 Å². The summed E-state index contributed by atoms with van der Waals surface area (Å²) in [6.07, 6.45) is 1.43. The first-order valence-electron chi connectivity index (χ1n) is 18.7. The predicted octanol–water partition coefficient (Wildman–Crippen LogP) is 8.24. The molecule has 1 saturated heterocycles. The number of likely N-dealkylation sites (tertiary alicyclic amines) is 1. The Hall–Kier alpha value is -4.23. The van der Waals surface area contributed by atoms with Crippen molar-refractivity contribution >= 4 is 29.9 Å². The summed E-state index contributed by atoms with van der Waals surface area (Å²) < 4.78 is 55.7. The first-order valence-corrected chi connectivity index (χ1v) is 19.0. The Balaban J connectivity index is 0.000000249. The summed E-state index contributed by atoms with van der Waals surface area (Å²) in [5.41, 5.74) is 2.38. The zero-order valence-electron chi connectivity index (χ0n) is 32.0. The van der Waals surface area contributed by atoms with Crippen LogP contribution in [0.2, 0.25) is 5.02 Å². The minimum atomic E-state index is -4.64. The molecular formula is C41H51ClF4N4O5. The molecule has 2 heterocycles. The Morgan fingerprint density at radius 1 is 1.02 bits per heavy atom. The first-order chi connectivity index (χ1) is 25.9. The Morgan fingerprint density at radius 3 is 2.24 bits per heavy atom. The Morgan fingerprint density at radius 2 is 1.69 bits per heavy atom. The Kier molecular flexibility index (Phi) is 14.7. The van der Waals surface area contributed by atoms with Crippen LogP contribution < -0.4 is 16.2 Å². The van der Waals surface area contributed by atoms with E-state index in [1.54, 1.807) is 19.1 Å². The third kappa shape index (κ3) is 11.2. The molecule has 1 spiro atoms. The van der Waals surface area contributed by atoms with Gasteiger partial charge < -0.3 is 25.2 Å². The van der Waals surface area contributed by atoms with E-state index in [0.717, 1.165) is 64.9 Å². The normalized spacial score (nSPS) is 15.6. The van der Waals surface area contributed by atoms with E-state index in [1.165, 1.54) is 19.3 Å². The van der Waals surface area contributed by atoms with Crippen molar-refractivity contribution in [3.8, 4) is 11.1 Å². The molecule has 1 aromatic heterocycles. The number of nitrogens with zero attached hydrogens (tertiary/aromatic N) is 2. The molecule has 0 radical (unpaired) electrons. The van der Waals surface area contributed by atoms with Gasteiger partial charge in [-0.1, -0.05) is 31.9 Å². The number of aliphatic carboxylic acids is 1. The van der Waals surface area contributed by atoms with Gasteiger partial charge in [0, 0.05) is 30.2 Å². The number of amides is 2. The van der Waals surface area contributed by atoms with E-state index in [-0.39, 0.29) is 17.7 Å². The third-order valence-corrected chi connectivity index (χ3v) is 10.8. The van der Waals surface area contributed by atoms with Crippen molar-refractivity contribution in [3.63, 3.8) is 0 Å². The lowest BCUT2D eigenvalue weighted by molar-refractivity contribution is -0.144. The molecule has 3 aromatic rings. The van der Waals surface area contributed by atoms with Gasteiger partial charge in [-0.3, -0.25) is 19.2 Å². The quantitative estimate of drug-likeness (QED) is 0.112. The number of aryl methyl sites for hydroxylation is 3. The SMILES string of the molecule is CC(C)CCNC(=O)c1ccc(C(F)(F)F)n(CCCN2CCC3(CCC3)C2)c1=O.Cc1cc(-c2c(C)cc(Cl)cc2C)cc(C(CC(=O)O)NC=O)c1F. The fraction of sp³-hybridized carbons (Fsp3) is 0.512. The molecule has 1 saturated carbocycles. The molecule has 2 aromatic carbocycles. The molecule has 300 valence electrons. The van der Waals surface area contributed by atoms with Crippen LogP contribution in [0.5, 0.6) is 0 Å². The van der Waals surface area contributed by atoms with Crippen molar-refractivity contribution in [2.24, 2.45) is 11.3 Å². The molecular weight excluding hydrogens is 740 g/mol. The Labute approximate surface area is 324 Å². The van der Waals surface area contributed by atoms with Crippen molar-refractivity contribution in [1.82, 2.24) is 20.1 Å². The number of carbonyl (C=O) groups is 3. The van der Waals surface area contributed by atoms with Gasteiger partial charge in [0.05, 0.1) is 12.5 Å². The highest BCUT2D eigenvalue weighted by Crippen LogP contribution is 2.48. The maximum Gasteiger partial charge on any atom is 0.431 e. The molecule has 1 aliphatic heterocycles. The molecule has 1 aliphatic carbocycles.